The smallest absolute Gasteiger partial charge is 0.303 e. The van der Waals surface area contributed by atoms with E-state index in [2.05, 4.69) is 0 Å². The first-order valence-corrected chi connectivity index (χ1v) is 15.2. The zero-order valence-electron chi connectivity index (χ0n) is 28.6. The number of carbonyl (C=O) groups is 8. The van der Waals surface area contributed by atoms with Crippen molar-refractivity contribution in [2.75, 3.05) is 26.4 Å². The molecule has 3 aliphatic heterocycles. The van der Waals surface area contributed by atoms with E-state index >= 15 is 0 Å². The van der Waals surface area contributed by atoms with Crippen molar-refractivity contribution in [3.8, 4) is 0 Å². The van der Waals surface area contributed by atoms with Crippen LogP contribution in [0.3, 0.4) is 0 Å². The first kappa shape index (κ1) is 40.0. The van der Waals surface area contributed by atoms with Gasteiger partial charge in [0.05, 0.1) is 0 Å². The molecule has 3 saturated heterocycles. The Kier molecular flexibility index (Phi) is 13.2. The summed E-state index contributed by atoms with van der Waals surface area (Å²) in [6.07, 6.45) is -12.6. The summed E-state index contributed by atoms with van der Waals surface area (Å²) in [5.74, 6) is -11.4. The highest BCUT2D eigenvalue weighted by Gasteiger charge is 2.69. The maximum atomic E-state index is 12.4. The lowest BCUT2D eigenvalue weighted by Crippen LogP contribution is -2.77. The van der Waals surface area contributed by atoms with Crippen molar-refractivity contribution in [1.29, 1.82) is 0 Å². The van der Waals surface area contributed by atoms with Crippen molar-refractivity contribution >= 4 is 47.8 Å². The lowest BCUT2D eigenvalue weighted by atomic mass is 9.88. The second kappa shape index (κ2) is 16.5. The predicted octanol–water partition coefficient (Wildman–Crippen LogP) is -1.06. The number of hydrogen-bond donors (Lipinski definition) is 0. The molecule has 0 bridgehead atoms. The van der Waals surface area contributed by atoms with E-state index in [0.717, 1.165) is 55.4 Å². The molecule has 10 atom stereocenters. The molecule has 50 heavy (non-hydrogen) atoms. The Morgan fingerprint density at radius 1 is 0.440 bits per heavy atom. The molecule has 0 aromatic heterocycles. The van der Waals surface area contributed by atoms with Gasteiger partial charge in [0.25, 0.3) is 0 Å². The van der Waals surface area contributed by atoms with Gasteiger partial charge >= 0.3 is 47.8 Å². The molecule has 20 heteroatoms. The van der Waals surface area contributed by atoms with Crippen molar-refractivity contribution in [3.05, 3.63) is 0 Å². The summed E-state index contributed by atoms with van der Waals surface area (Å²) in [4.78, 5) is 97.2. The van der Waals surface area contributed by atoms with Crippen LogP contribution in [-0.4, -0.2) is 135 Å². The first-order valence-electron chi connectivity index (χ1n) is 15.2. The SMILES string of the molecule is CC(=O)OC[C@H]1O[C@@]2(CO[C@@]3(CO2)O[C@H](COC(C)=O)[C@H](OC(C)=O)[C@H](OC(C)=O)[C@H]3OC(C)=O)[C@H](OC(C)=O)[C@@H](OC(C)=O)[C@H]1OC(C)=O. The van der Waals surface area contributed by atoms with Crippen LogP contribution in [0.4, 0.5) is 0 Å². The van der Waals surface area contributed by atoms with Gasteiger partial charge in [-0.05, 0) is 0 Å². The summed E-state index contributed by atoms with van der Waals surface area (Å²) in [5, 5.41) is 0. The number of esters is 8. The summed E-state index contributed by atoms with van der Waals surface area (Å²) in [6.45, 7) is 5.62. The van der Waals surface area contributed by atoms with Gasteiger partial charge in [-0.15, -0.1) is 0 Å². The van der Waals surface area contributed by atoms with Crippen LogP contribution in [0.5, 0.6) is 0 Å². The highest BCUT2D eigenvalue weighted by molar-refractivity contribution is 5.70. The average molecular weight is 721 g/mol. The number of rotatable bonds is 10. The van der Waals surface area contributed by atoms with Crippen LogP contribution in [-0.2, 0) is 95.2 Å². The third-order valence-electron chi connectivity index (χ3n) is 7.28. The Bertz CT molecular complexity index is 1230. The van der Waals surface area contributed by atoms with Crippen LogP contribution in [0.1, 0.15) is 55.4 Å². The number of hydrogen-bond acceptors (Lipinski definition) is 20. The van der Waals surface area contributed by atoms with Crippen molar-refractivity contribution in [3.63, 3.8) is 0 Å². The molecule has 3 rings (SSSR count). The third kappa shape index (κ3) is 9.86. The fourth-order valence-corrected chi connectivity index (χ4v) is 5.68. The maximum Gasteiger partial charge on any atom is 0.303 e. The molecule has 3 heterocycles. The van der Waals surface area contributed by atoms with E-state index in [4.69, 9.17) is 56.8 Å². The minimum absolute atomic E-state index is 0.580. The van der Waals surface area contributed by atoms with E-state index in [-0.39, 0.29) is 0 Å². The fourth-order valence-electron chi connectivity index (χ4n) is 5.68. The molecule has 0 N–H and O–H groups in total. The van der Waals surface area contributed by atoms with Crippen molar-refractivity contribution < 1.29 is 95.2 Å². The molecule has 0 amide bonds. The third-order valence-corrected chi connectivity index (χ3v) is 7.28. The quantitative estimate of drug-likeness (QED) is 0.193. The van der Waals surface area contributed by atoms with Gasteiger partial charge in [0.1, 0.15) is 38.6 Å². The highest BCUT2D eigenvalue weighted by atomic mass is 16.8. The second-order valence-electron chi connectivity index (χ2n) is 11.5. The minimum Gasteiger partial charge on any atom is -0.463 e. The average Bonchev–Trinajstić information content (AvgIpc) is 2.98. The largest absolute Gasteiger partial charge is 0.463 e. The minimum atomic E-state index is -2.24. The molecule has 20 nitrogen and oxygen atoms in total. The van der Waals surface area contributed by atoms with Gasteiger partial charge < -0.3 is 56.8 Å². The Balaban J connectivity index is 2.15. The van der Waals surface area contributed by atoms with Crippen LogP contribution in [0.2, 0.25) is 0 Å². The zero-order chi connectivity index (χ0) is 37.6. The summed E-state index contributed by atoms with van der Waals surface area (Å²) in [6, 6.07) is 0. The van der Waals surface area contributed by atoms with Crippen molar-refractivity contribution in [2.45, 2.75) is 116 Å². The van der Waals surface area contributed by atoms with Gasteiger partial charge in [-0.25, -0.2) is 0 Å². The molecule has 0 aromatic rings. The van der Waals surface area contributed by atoms with Gasteiger partial charge in [-0.3, -0.25) is 38.4 Å². The molecule has 0 aliphatic carbocycles. The fraction of sp³-hybridized carbons (Fsp3) is 0.733. The summed E-state index contributed by atoms with van der Waals surface area (Å²) in [5.41, 5.74) is 0. The number of ether oxygens (including phenoxy) is 12. The monoisotopic (exact) mass is 720 g/mol. The van der Waals surface area contributed by atoms with E-state index < -0.39 is 135 Å². The molecule has 3 aliphatic rings. The maximum absolute atomic E-state index is 12.4. The molecule has 0 aromatic carbocycles. The Morgan fingerprint density at radius 3 is 0.960 bits per heavy atom. The van der Waals surface area contributed by atoms with Gasteiger partial charge in [0.15, 0.2) is 36.6 Å². The zero-order valence-corrected chi connectivity index (χ0v) is 28.6. The molecule has 280 valence electrons. The first-order chi connectivity index (χ1) is 23.3. The van der Waals surface area contributed by atoms with Crippen LogP contribution < -0.4 is 0 Å². The van der Waals surface area contributed by atoms with Crippen LogP contribution in [0.25, 0.3) is 0 Å². The van der Waals surface area contributed by atoms with Crippen molar-refractivity contribution in [1.82, 2.24) is 0 Å². The molecule has 2 spiro atoms. The molecule has 0 saturated carbocycles. The van der Waals surface area contributed by atoms with Crippen LogP contribution >= 0.6 is 0 Å². The molecular weight excluding hydrogens is 680 g/mol. The van der Waals surface area contributed by atoms with Crippen molar-refractivity contribution in [2.24, 2.45) is 0 Å². The molecule has 3 fully saturated rings. The molecular formula is C30H40O20. The Hall–Kier alpha value is -4.40. The standard InChI is InChI=1S/C30H40O20/c1-13(31)39-9-21-23(43-15(3)33)25(45-17(5)35)27(47-19(7)37)29(49-21)11-42-30(12-41-29)28(48-20(8)38)26(46-18(6)36)24(44-16(4)34)22(50-30)10-40-14(2)32/h21-28H,9-12H2,1-8H3/t21-,22-,23+,24+,25+,26+,27-,28-,29+,30+/m1/s1. The predicted molar refractivity (Wildman–Crippen MR) is 154 cm³/mol. The van der Waals surface area contributed by atoms with Gasteiger partial charge in [-0.2, -0.15) is 0 Å². The van der Waals surface area contributed by atoms with Gasteiger partial charge in [0, 0.05) is 55.4 Å². The van der Waals surface area contributed by atoms with E-state index in [0.29, 0.717) is 0 Å². The number of carbonyl (C=O) groups excluding carboxylic acids is 8. The van der Waals surface area contributed by atoms with Crippen LogP contribution in [0, 0.1) is 0 Å². The summed E-state index contributed by atoms with van der Waals surface area (Å²) >= 11 is 0. The van der Waals surface area contributed by atoms with Gasteiger partial charge in [-0.1, -0.05) is 0 Å². The van der Waals surface area contributed by atoms with Crippen LogP contribution in [0.15, 0.2) is 0 Å². The Morgan fingerprint density at radius 2 is 0.720 bits per heavy atom. The van der Waals surface area contributed by atoms with E-state index in [1.807, 2.05) is 0 Å². The normalized spacial score (nSPS) is 33.3. The second-order valence-corrected chi connectivity index (χ2v) is 11.5. The highest BCUT2D eigenvalue weighted by Crippen LogP contribution is 2.45. The van der Waals surface area contributed by atoms with E-state index in [1.54, 1.807) is 0 Å². The van der Waals surface area contributed by atoms with Gasteiger partial charge in [0.2, 0.25) is 11.6 Å². The van der Waals surface area contributed by atoms with E-state index in [9.17, 15) is 38.4 Å². The molecule has 0 unspecified atom stereocenters. The summed E-state index contributed by atoms with van der Waals surface area (Å²) in [7, 11) is 0. The topological polar surface area (TPSA) is 247 Å². The van der Waals surface area contributed by atoms with E-state index in [1.165, 1.54) is 0 Å². The lowest BCUT2D eigenvalue weighted by molar-refractivity contribution is -0.466. The Labute approximate surface area is 285 Å². The molecule has 0 radical (unpaired) electrons. The summed E-state index contributed by atoms with van der Waals surface area (Å²) < 4.78 is 67.7. The lowest BCUT2D eigenvalue weighted by Gasteiger charge is -2.57.